The van der Waals surface area contributed by atoms with Gasteiger partial charge in [0.25, 0.3) is 0 Å². The zero-order valence-electron chi connectivity index (χ0n) is 21.9. The van der Waals surface area contributed by atoms with E-state index in [1.54, 1.807) is 30.3 Å². The number of phenolic OH excluding ortho intramolecular Hbond substituents is 3. The predicted molar refractivity (Wildman–Crippen MR) is 147 cm³/mol. The van der Waals surface area contributed by atoms with Crippen molar-refractivity contribution in [3.05, 3.63) is 74.9 Å². The Bertz CT molecular complexity index is 1600. The van der Waals surface area contributed by atoms with E-state index in [0.717, 1.165) is 5.56 Å². The summed E-state index contributed by atoms with van der Waals surface area (Å²) >= 11 is 0. The van der Waals surface area contributed by atoms with Gasteiger partial charge >= 0.3 is 0 Å². The molecule has 0 saturated carbocycles. The van der Waals surface area contributed by atoms with Crippen molar-refractivity contribution < 1.29 is 34.7 Å². The third-order valence-corrected chi connectivity index (χ3v) is 7.11. The normalized spacial score (nSPS) is 14.9. The Balaban J connectivity index is 1.68. The van der Waals surface area contributed by atoms with E-state index in [1.165, 1.54) is 6.07 Å². The monoisotopic (exact) mass is 532 g/mol. The summed E-state index contributed by atoms with van der Waals surface area (Å²) in [5, 5.41) is 52.1. The summed E-state index contributed by atoms with van der Waals surface area (Å²) in [6, 6.07) is 11.4. The maximum Gasteiger partial charge on any atom is 0.238 e. The maximum absolute atomic E-state index is 13.5. The Morgan fingerprint density at radius 1 is 1.00 bits per heavy atom. The minimum absolute atomic E-state index is 0.0351. The van der Waals surface area contributed by atoms with Gasteiger partial charge < -0.3 is 34.7 Å². The number of aromatic hydroxyl groups is 4. The van der Waals surface area contributed by atoms with Crippen molar-refractivity contribution in [1.82, 2.24) is 0 Å². The molecule has 0 spiro atoms. The van der Waals surface area contributed by atoms with Gasteiger partial charge in [-0.15, -0.1) is 0 Å². The third kappa shape index (κ3) is 5.12. The topological polar surface area (TPSA) is 141 Å². The van der Waals surface area contributed by atoms with Crippen LogP contribution in [-0.4, -0.2) is 38.2 Å². The van der Waals surface area contributed by atoms with Crippen LogP contribution in [-0.2, 0) is 19.3 Å². The largest absolute Gasteiger partial charge is 0.508 e. The molecule has 204 valence electrons. The molecule has 0 aliphatic carbocycles. The van der Waals surface area contributed by atoms with Crippen LogP contribution >= 0.6 is 0 Å². The number of phenols is 3. The summed E-state index contributed by atoms with van der Waals surface area (Å²) in [6.45, 7) is 3.96. The first-order valence-corrected chi connectivity index (χ1v) is 13.1. The van der Waals surface area contributed by atoms with Crippen LogP contribution in [0.2, 0.25) is 0 Å². The van der Waals surface area contributed by atoms with Gasteiger partial charge in [-0.1, -0.05) is 26.0 Å². The maximum atomic E-state index is 13.5. The molecule has 8 heteroatoms. The smallest absolute Gasteiger partial charge is 0.238 e. The van der Waals surface area contributed by atoms with Crippen molar-refractivity contribution in [2.24, 2.45) is 5.92 Å². The standard InChI is InChI=1S/C31H32O8/c1-16(2)10-18-13-20(14-19(27(18)35)11-17-4-3-5-21(33)12-17)30-29(37)28(36)26-25(39-30)15-24(34)23-7-6-22(8-9-32)38-31(23)26/h3-5,12-16,22,32-35,37H,6-11H2,1-2H3. The second kappa shape index (κ2) is 10.5. The molecule has 4 aromatic rings. The van der Waals surface area contributed by atoms with Crippen LogP contribution in [0.5, 0.6) is 28.7 Å². The number of benzene rings is 3. The molecule has 5 N–H and O–H groups in total. The number of hydrogen-bond acceptors (Lipinski definition) is 8. The zero-order chi connectivity index (χ0) is 27.8. The Kier molecular flexibility index (Phi) is 7.14. The molecule has 2 heterocycles. The Hall–Kier alpha value is -4.17. The van der Waals surface area contributed by atoms with Gasteiger partial charge in [0.15, 0.2) is 5.76 Å². The second-order valence-corrected chi connectivity index (χ2v) is 10.6. The van der Waals surface area contributed by atoms with Crippen LogP contribution in [0.15, 0.2) is 51.7 Å². The highest BCUT2D eigenvalue weighted by molar-refractivity contribution is 5.90. The first-order chi connectivity index (χ1) is 18.7. The van der Waals surface area contributed by atoms with Crippen molar-refractivity contribution in [3.63, 3.8) is 0 Å². The van der Waals surface area contributed by atoms with E-state index < -0.39 is 11.2 Å². The fraction of sp³-hybridized carbons (Fsp3) is 0.323. The SMILES string of the molecule is CC(C)Cc1cc(-c2oc3cc(O)c4c(c3c(=O)c2O)OC(CCO)CC4)cc(Cc2cccc(O)c2)c1O. The average Bonchev–Trinajstić information content (AvgIpc) is 2.88. The van der Waals surface area contributed by atoms with Gasteiger partial charge in [-0.25, -0.2) is 0 Å². The Labute approximate surface area is 225 Å². The number of hydrogen-bond donors (Lipinski definition) is 5. The minimum Gasteiger partial charge on any atom is -0.508 e. The van der Waals surface area contributed by atoms with E-state index in [1.807, 2.05) is 19.9 Å². The molecule has 39 heavy (non-hydrogen) atoms. The van der Waals surface area contributed by atoms with E-state index >= 15 is 0 Å². The number of aliphatic hydroxyl groups is 1. The molecule has 0 fully saturated rings. The van der Waals surface area contributed by atoms with Crippen molar-refractivity contribution in [2.75, 3.05) is 6.61 Å². The zero-order valence-corrected chi connectivity index (χ0v) is 21.9. The van der Waals surface area contributed by atoms with Gasteiger partial charge in [-0.05, 0) is 66.1 Å². The number of ether oxygens (including phenoxy) is 1. The molecular weight excluding hydrogens is 500 g/mol. The number of aliphatic hydroxyl groups excluding tert-OH is 1. The predicted octanol–water partition coefficient (Wildman–Crippen LogP) is 5.15. The lowest BCUT2D eigenvalue weighted by atomic mass is 9.92. The van der Waals surface area contributed by atoms with Crippen LogP contribution in [0, 0.1) is 5.92 Å². The summed E-state index contributed by atoms with van der Waals surface area (Å²) < 4.78 is 12.0. The average molecular weight is 533 g/mol. The fourth-order valence-electron chi connectivity index (χ4n) is 5.29. The highest BCUT2D eigenvalue weighted by Gasteiger charge is 2.29. The Morgan fingerprint density at radius 3 is 2.49 bits per heavy atom. The van der Waals surface area contributed by atoms with E-state index in [4.69, 9.17) is 9.15 Å². The van der Waals surface area contributed by atoms with E-state index in [0.29, 0.717) is 54.4 Å². The van der Waals surface area contributed by atoms with Crippen LogP contribution in [0.1, 0.15) is 48.9 Å². The van der Waals surface area contributed by atoms with Crippen molar-refractivity contribution in [3.8, 4) is 40.1 Å². The van der Waals surface area contributed by atoms with Gasteiger partial charge in [0, 0.05) is 36.6 Å². The van der Waals surface area contributed by atoms with E-state index in [9.17, 15) is 30.3 Å². The summed E-state index contributed by atoms with van der Waals surface area (Å²) in [7, 11) is 0. The van der Waals surface area contributed by atoms with Gasteiger partial charge in [-0.3, -0.25) is 4.79 Å². The molecule has 1 aliphatic rings. The molecule has 1 aliphatic heterocycles. The molecule has 1 aromatic heterocycles. The first kappa shape index (κ1) is 26.4. The van der Waals surface area contributed by atoms with E-state index in [2.05, 4.69) is 0 Å². The fourth-order valence-corrected chi connectivity index (χ4v) is 5.29. The summed E-state index contributed by atoms with van der Waals surface area (Å²) in [5.41, 5.74) is 2.16. The van der Waals surface area contributed by atoms with Gasteiger partial charge in [0.05, 0.1) is 0 Å². The Morgan fingerprint density at radius 2 is 1.77 bits per heavy atom. The number of rotatable bonds is 7. The quantitative estimate of drug-likeness (QED) is 0.220. The second-order valence-electron chi connectivity index (χ2n) is 10.6. The summed E-state index contributed by atoms with van der Waals surface area (Å²) in [4.78, 5) is 13.5. The van der Waals surface area contributed by atoms with Gasteiger partial charge in [-0.2, -0.15) is 0 Å². The molecule has 5 rings (SSSR count). The van der Waals surface area contributed by atoms with Gasteiger partial charge in [0.2, 0.25) is 11.2 Å². The summed E-state index contributed by atoms with van der Waals surface area (Å²) in [5.74, 6) is -0.172. The summed E-state index contributed by atoms with van der Waals surface area (Å²) in [6.07, 6.45) is 1.92. The highest BCUT2D eigenvalue weighted by Crippen LogP contribution is 2.43. The lowest BCUT2D eigenvalue weighted by molar-refractivity contribution is 0.134. The molecule has 3 aromatic carbocycles. The van der Waals surface area contributed by atoms with Crippen LogP contribution in [0.3, 0.4) is 0 Å². The molecule has 1 atom stereocenters. The van der Waals surface area contributed by atoms with Crippen molar-refractivity contribution in [1.29, 1.82) is 0 Å². The lowest BCUT2D eigenvalue weighted by Gasteiger charge is -2.27. The van der Waals surface area contributed by atoms with Crippen LogP contribution < -0.4 is 10.2 Å². The van der Waals surface area contributed by atoms with Crippen molar-refractivity contribution in [2.45, 2.75) is 52.1 Å². The molecule has 0 saturated heterocycles. The van der Waals surface area contributed by atoms with Crippen LogP contribution in [0.4, 0.5) is 0 Å². The molecule has 0 bridgehead atoms. The molecule has 0 amide bonds. The molecular formula is C31H32O8. The molecule has 0 radical (unpaired) electrons. The third-order valence-electron chi connectivity index (χ3n) is 7.11. The molecule has 8 nitrogen and oxygen atoms in total. The first-order valence-electron chi connectivity index (χ1n) is 13.1. The van der Waals surface area contributed by atoms with Crippen LogP contribution in [0.25, 0.3) is 22.3 Å². The van der Waals surface area contributed by atoms with E-state index in [-0.39, 0.29) is 58.4 Å². The number of fused-ring (bicyclic) bond motifs is 3. The highest BCUT2D eigenvalue weighted by atomic mass is 16.5. The van der Waals surface area contributed by atoms with Crippen molar-refractivity contribution >= 4 is 11.0 Å². The molecule has 1 unspecified atom stereocenters. The lowest BCUT2D eigenvalue weighted by Crippen LogP contribution is -2.25. The minimum atomic E-state index is -0.694. The van der Waals surface area contributed by atoms with Gasteiger partial charge in [0.1, 0.15) is 40.1 Å².